The third-order valence-electron chi connectivity index (χ3n) is 5.10. The minimum Gasteiger partial charge on any atom is -0.279 e. The SMILES string of the molecule is CCc1ccccc1NS(=O)(=O)c1ccc(CN2C(=O)c3ccccc3C2=O)cc1. The number of benzene rings is 3. The lowest BCUT2D eigenvalue weighted by Crippen LogP contribution is -2.29. The summed E-state index contributed by atoms with van der Waals surface area (Å²) >= 11 is 0. The molecular weight excluding hydrogens is 400 g/mol. The van der Waals surface area contributed by atoms with Crippen molar-refractivity contribution < 1.29 is 18.0 Å². The van der Waals surface area contributed by atoms with Crippen LogP contribution in [0.25, 0.3) is 0 Å². The normalized spacial score (nSPS) is 13.4. The number of imide groups is 1. The van der Waals surface area contributed by atoms with Gasteiger partial charge in [-0.15, -0.1) is 0 Å². The van der Waals surface area contributed by atoms with E-state index in [1.54, 1.807) is 48.5 Å². The zero-order valence-corrected chi connectivity index (χ0v) is 17.1. The molecule has 0 saturated carbocycles. The first-order valence-electron chi connectivity index (χ1n) is 9.55. The second-order valence-electron chi connectivity index (χ2n) is 7.00. The van der Waals surface area contributed by atoms with Crippen LogP contribution < -0.4 is 4.72 Å². The van der Waals surface area contributed by atoms with Crippen LogP contribution in [0.15, 0.2) is 77.7 Å². The Hall–Kier alpha value is -3.45. The van der Waals surface area contributed by atoms with Gasteiger partial charge in [-0.1, -0.05) is 49.4 Å². The number of anilines is 1. The lowest BCUT2D eigenvalue weighted by Gasteiger charge is -2.15. The molecule has 0 saturated heterocycles. The number of para-hydroxylation sites is 1. The fourth-order valence-corrected chi connectivity index (χ4v) is 4.57. The van der Waals surface area contributed by atoms with E-state index in [1.807, 2.05) is 19.1 Å². The van der Waals surface area contributed by atoms with E-state index in [-0.39, 0.29) is 23.3 Å². The van der Waals surface area contributed by atoms with Gasteiger partial charge in [0, 0.05) is 0 Å². The number of carbonyl (C=O) groups excluding carboxylic acids is 2. The molecule has 1 aliphatic heterocycles. The zero-order valence-electron chi connectivity index (χ0n) is 16.3. The van der Waals surface area contributed by atoms with Crippen molar-refractivity contribution in [2.75, 3.05) is 4.72 Å². The predicted molar refractivity (Wildman–Crippen MR) is 114 cm³/mol. The Morgan fingerprint density at radius 2 is 1.37 bits per heavy atom. The first kappa shape index (κ1) is 19.8. The second-order valence-corrected chi connectivity index (χ2v) is 8.68. The maximum absolute atomic E-state index is 12.7. The number of carbonyl (C=O) groups is 2. The van der Waals surface area contributed by atoms with Gasteiger partial charge < -0.3 is 0 Å². The summed E-state index contributed by atoms with van der Waals surface area (Å²) < 4.78 is 28.1. The van der Waals surface area contributed by atoms with E-state index in [0.717, 1.165) is 5.56 Å². The third kappa shape index (κ3) is 3.59. The molecule has 0 aromatic heterocycles. The van der Waals surface area contributed by atoms with Gasteiger partial charge in [-0.3, -0.25) is 19.2 Å². The number of hydrogen-bond donors (Lipinski definition) is 1. The van der Waals surface area contributed by atoms with Crippen molar-refractivity contribution in [2.45, 2.75) is 24.8 Å². The monoisotopic (exact) mass is 420 g/mol. The molecule has 0 bridgehead atoms. The lowest BCUT2D eigenvalue weighted by atomic mass is 10.1. The van der Waals surface area contributed by atoms with Crippen molar-refractivity contribution in [1.82, 2.24) is 4.90 Å². The summed E-state index contributed by atoms with van der Waals surface area (Å²) in [7, 11) is -3.75. The van der Waals surface area contributed by atoms with E-state index in [1.165, 1.54) is 17.0 Å². The summed E-state index contributed by atoms with van der Waals surface area (Å²) in [5.41, 5.74) is 2.90. The van der Waals surface area contributed by atoms with Crippen LogP contribution in [-0.2, 0) is 23.0 Å². The number of hydrogen-bond acceptors (Lipinski definition) is 4. The average molecular weight is 420 g/mol. The van der Waals surface area contributed by atoms with Crippen molar-refractivity contribution in [3.05, 3.63) is 95.1 Å². The zero-order chi connectivity index (χ0) is 21.3. The van der Waals surface area contributed by atoms with Crippen LogP contribution in [-0.4, -0.2) is 25.1 Å². The molecule has 6 nitrogen and oxygen atoms in total. The van der Waals surface area contributed by atoms with Crippen LogP contribution >= 0.6 is 0 Å². The molecule has 3 aromatic carbocycles. The number of rotatable bonds is 6. The fourth-order valence-electron chi connectivity index (χ4n) is 3.47. The summed E-state index contributed by atoms with van der Waals surface area (Å²) in [5, 5.41) is 0. The largest absolute Gasteiger partial charge is 0.279 e. The van der Waals surface area contributed by atoms with Gasteiger partial charge in [0.2, 0.25) is 0 Å². The maximum Gasteiger partial charge on any atom is 0.261 e. The highest BCUT2D eigenvalue weighted by molar-refractivity contribution is 7.92. The first-order valence-corrected chi connectivity index (χ1v) is 11.0. The molecule has 0 aliphatic carbocycles. The van der Waals surface area contributed by atoms with Gasteiger partial charge in [0.05, 0.1) is 28.3 Å². The Morgan fingerprint density at radius 1 is 0.800 bits per heavy atom. The Balaban J connectivity index is 1.52. The first-order chi connectivity index (χ1) is 14.4. The van der Waals surface area contributed by atoms with Crippen molar-refractivity contribution in [3.8, 4) is 0 Å². The number of nitrogens with zero attached hydrogens (tertiary/aromatic N) is 1. The number of fused-ring (bicyclic) bond motifs is 1. The van der Waals surface area contributed by atoms with Crippen LogP contribution in [0.4, 0.5) is 5.69 Å². The van der Waals surface area contributed by atoms with E-state index in [4.69, 9.17) is 0 Å². The fraction of sp³-hybridized carbons (Fsp3) is 0.130. The topological polar surface area (TPSA) is 83.6 Å². The van der Waals surface area contributed by atoms with Crippen LogP contribution in [0.5, 0.6) is 0 Å². The van der Waals surface area contributed by atoms with Crippen LogP contribution in [0.2, 0.25) is 0 Å². The van der Waals surface area contributed by atoms with Gasteiger partial charge in [0.15, 0.2) is 0 Å². The van der Waals surface area contributed by atoms with E-state index in [9.17, 15) is 18.0 Å². The van der Waals surface area contributed by atoms with Gasteiger partial charge in [0.25, 0.3) is 21.8 Å². The molecule has 3 aromatic rings. The van der Waals surface area contributed by atoms with Crippen molar-refractivity contribution in [3.63, 3.8) is 0 Å². The lowest BCUT2D eigenvalue weighted by molar-refractivity contribution is 0.0642. The Kier molecular flexibility index (Phi) is 5.13. The van der Waals surface area contributed by atoms with Gasteiger partial charge in [-0.2, -0.15) is 0 Å². The molecule has 30 heavy (non-hydrogen) atoms. The molecule has 1 aliphatic rings. The van der Waals surface area contributed by atoms with Crippen molar-refractivity contribution in [2.24, 2.45) is 0 Å². The smallest absolute Gasteiger partial charge is 0.261 e. The standard InChI is InChI=1S/C23H20N2O4S/c1-2-17-7-3-6-10-21(17)24-30(28,29)18-13-11-16(12-14-18)15-25-22(26)19-8-4-5-9-20(19)23(25)27/h3-14,24H,2,15H2,1H3. The summed E-state index contributed by atoms with van der Waals surface area (Å²) in [6, 6.07) is 20.1. The number of aryl methyl sites for hydroxylation is 1. The highest BCUT2D eigenvalue weighted by atomic mass is 32.2. The summed E-state index contributed by atoms with van der Waals surface area (Å²) in [5.74, 6) is -0.685. The molecule has 0 radical (unpaired) electrons. The van der Waals surface area contributed by atoms with Gasteiger partial charge in [0.1, 0.15) is 0 Å². The minimum atomic E-state index is -3.75. The molecular formula is C23H20N2O4S. The highest BCUT2D eigenvalue weighted by Gasteiger charge is 2.34. The molecule has 152 valence electrons. The van der Waals surface area contributed by atoms with E-state index < -0.39 is 10.0 Å². The third-order valence-corrected chi connectivity index (χ3v) is 6.48. The number of nitrogens with one attached hydrogen (secondary N) is 1. The van der Waals surface area contributed by atoms with Crippen LogP contribution in [0.3, 0.4) is 0 Å². The summed E-state index contributed by atoms with van der Waals surface area (Å²) in [4.78, 5) is 26.3. The molecule has 2 amide bonds. The molecule has 0 fully saturated rings. The summed E-state index contributed by atoms with van der Waals surface area (Å²) in [6.45, 7) is 2.04. The van der Waals surface area contributed by atoms with Gasteiger partial charge in [-0.25, -0.2) is 8.42 Å². The highest BCUT2D eigenvalue weighted by Crippen LogP contribution is 2.25. The van der Waals surface area contributed by atoms with E-state index in [2.05, 4.69) is 4.72 Å². The van der Waals surface area contributed by atoms with Crippen LogP contribution in [0.1, 0.15) is 38.8 Å². The Labute approximate surface area is 175 Å². The van der Waals surface area contributed by atoms with Gasteiger partial charge >= 0.3 is 0 Å². The van der Waals surface area contributed by atoms with Crippen molar-refractivity contribution in [1.29, 1.82) is 0 Å². The van der Waals surface area contributed by atoms with E-state index >= 15 is 0 Å². The molecule has 4 rings (SSSR count). The molecule has 0 atom stereocenters. The molecule has 7 heteroatoms. The molecule has 0 unspecified atom stereocenters. The summed E-state index contributed by atoms with van der Waals surface area (Å²) in [6.07, 6.45) is 0.706. The van der Waals surface area contributed by atoms with Crippen molar-refractivity contribution >= 4 is 27.5 Å². The predicted octanol–water partition coefficient (Wildman–Crippen LogP) is 3.85. The van der Waals surface area contributed by atoms with Crippen LogP contribution in [0, 0.1) is 0 Å². The quantitative estimate of drug-likeness (QED) is 0.614. The molecule has 0 spiro atoms. The molecule has 1 heterocycles. The number of sulfonamides is 1. The maximum atomic E-state index is 12.7. The Bertz CT molecular complexity index is 1200. The molecule has 1 N–H and O–H groups in total. The number of amides is 2. The Morgan fingerprint density at radius 3 is 1.97 bits per heavy atom. The second kappa shape index (κ2) is 7.76. The van der Waals surface area contributed by atoms with E-state index in [0.29, 0.717) is 28.8 Å². The average Bonchev–Trinajstić information content (AvgIpc) is 2.99. The minimum absolute atomic E-state index is 0.0821. The van der Waals surface area contributed by atoms with Gasteiger partial charge in [-0.05, 0) is 47.9 Å².